The third kappa shape index (κ3) is 3.67. The van der Waals surface area contributed by atoms with Crippen molar-refractivity contribution in [3.05, 3.63) is 5.28 Å². The molecule has 6 nitrogen and oxygen atoms in total. The summed E-state index contributed by atoms with van der Waals surface area (Å²) in [7, 11) is 0. The fraction of sp³-hybridized carbons (Fsp3) is 0.750. The Kier molecular flexibility index (Phi) is 4.76. The lowest BCUT2D eigenvalue weighted by molar-refractivity contribution is 0.0486. The Morgan fingerprint density at radius 1 is 1.26 bits per heavy atom. The van der Waals surface area contributed by atoms with Crippen LogP contribution in [-0.4, -0.2) is 45.8 Å². The van der Waals surface area contributed by atoms with Crippen molar-refractivity contribution in [1.29, 1.82) is 0 Å². The van der Waals surface area contributed by atoms with E-state index >= 15 is 0 Å². The van der Waals surface area contributed by atoms with Gasteiger partial charge in [0.1, 0.15) is 0 Å². The van der Waals surface area contributed by atoms with Gasteiger partial charge in [-0.15, -0.1) is 0 Å². The third-order valence-electron chi connectivity index (χ3n) is 3.40. The number of hydrogen-bond donors (Lipinski definition) is 2. The lowest BCUT2D eigenvalue weighted by atomic mass is 9.82. The third-order valence-corrected chi connectivity index (χ3v) is 3.57. The van der Waals surface area contributed by atoms with Gasteiger partial charge in [-0.3, -0.25) is 0 Å². The number of aromatic nitrogens is 3. The van der Waals surface area contributed by atoms with Gasteiger partial charge in [-0.1, -0.05) is 0 Å². The van der Waals surface area contributed by atoms with Crippen molar-refractivity contribution in [2.45, 2.75) is 32.8 Å². The van der Waals surface area contributed by atoms with Crippen LogP contribution in [0.15, 0.2) is 0 Å². The van der Waals surface area contributed by atoms with Crippen molar-refractivity contribution in [3.63, 3.8) is 0 Å². The van der Waals surface area contributed by atoms with E-state index in [4.69, 9.17) is 11.6 Å². The highest BCUT2D eigenvalue weighted by Crippen LogP contribution is 2.27. The van der Waals surface area contributed by atoms with E-state index in [0.29, 0.717) is 17.8 Å². The summed E-state index contributed by atoms with van der Waals surface area (Å²) in [4.78, 5) is 14.6. The van der Waals surface area contributed by atoms with E-state index in [2.05, 4.69) is 20.3 Å². The Morgan fingerprint density at radius 2 is 1.95 bits per heavy atom. The number of aliphatic hydroxyl groups excluding tert-OH is 1. The summed E-state index contributed by atoms with van der Waals surface area (Å²) >= 11 is 5.93. The second-order valence-electron chi connectivity index (χ2n) is 4.77. The smallest absolute Gasteiger partial charge is 0.231 e. The second-order valence-corrected chi connectivity index (χ2v) is 5.11. The Balaban J connectivity index is 1.99. The van der Waals surface area contributed by atoms with Crippen LogP contribution in [0.1, 0.15) is 26.7 Å². The summed E-state index contributed by atoms with van der Waals surface area (Å²) in [6, 6.07) is 0. The first-order valence-electron chi connectivity index (χ1n) is 6.70. The predicted octanol–water partition coefficient (Wildman–Crippen LogP) is 1.55. The average molecular weight is 286 g/mol. The van der Waals surface area contributed by atoms with Gasteiger partial charge in [0.2, 0.25) is 17.2 Å². The first kappa shape index (κ1) is 14.3. The summed E-state index contributed by atoms with van der Waals surface area (Å²) in [5, 5.41) is 12.6. The van der Waals surface area contributed by atoms with E-state index in [1.165, 1.54) is 0 Å². The van der Waals surface area contributed by atoms with Gasteiger partial charge in [0.25, 0.3) is 0 Å². The number of nitrogens with zero attached hydrogens (tertiary/aromatic N) is 4. The lowest BCUT2D eigenvalue weighted by Gasteiger charge is -2.31. The Morgan fingerprint density at radius 3 is 2.53 bits per heavy atom. The quantitative estimate of drug-likeness (QED) is 0.826. The van der Waals surface area contributed by atoms with Crippen LogP contribution in [0.2, 0.25) is 5.28 Å². The molecule has 0 unspecified atom stereocenters. The molecule has 1 aliphatic rings. The summed E-state index contributed by atoms with van der Waals surface area (Å²) in [6.45, 7) is 6.50. The fourth-order valence-corrected chi connectivity index (χ4v) is 2.33. The van der Waals surface area contributed by atoms with Gasteiger partial charge in [-0.2, -0.15) is 15.0 Å². The number of aliphatic hydroxyl groups is 1. The molecule has 0 spiro atoms. The number of anilines is 2. The van der Waals surface area contributed by atoms with Crippen molar-refractivity contribution in [3.8, 4) is 0 Å². The maximum absolute atomic E-state index is 9.24. The van der Waals surface area contributed by atoms with E-state index in [0.717, 1.165) is 32.5 Å². The molecule has 0 bridgehead atoms. The Hall–Kier alpha value is -1.14. The molecule has 0 saturated heterocycles. The first-order valence-corrected chi connectivity index (χ1v) is 7.08. The maximum atomic E-state index is 9.24. The van der Waals surface area contributed by atoms with Crippen LogP contribution in [0.5, 0.6) is 0 Å². The summed E-state index contributed by atoms with van der Waals surface area (Å²) in [5.41, 5.74) is 0. The topological polar surface area (TPSA) is 74.2 Å². The van der Waals surface area contributed by atoms with E-state index in [1.54, 1.807) is 0 Å². The normalized spacial score (nSPS) is 21.9. The highest BCUT2D eigenvalue weighted by molar-refractivity contribution is 6.28. The van der Waals surface area contributed by atoms with Crippen molar-refractivity contribution < 1.29 is 5.11 Å². The van der Waals surface area contributed by atoms with Crippen molar-refractivity contribution in [2.75, 3.05) is 29.9 Å². The molecular formula is C12H20ClN5O. The zero-order valence-electron chi connectivity index (χ0n) is 11.3. The standard InChI is InChI=1S/C12H20ClN5O/c1-3-18(4-2)12-16-10(13)15-11(17-12)14-7-8-5-9(19)6-8/h8-9,19H,3-7H2,1-2H3,(H,14,15,16,17). The molecule has 19 heavy (non-hydrogen) atoms. The summed E-state index contributed by atoms with van der Waals surface area (Å²) in [5.74, 6) is 1.59. The lowest BCUT2D eigenvalue weighted by Crippen LogP contribution is -2.33. The van der Waals surface area contributed by atoms with E-state index in [1.807, 2.05) is 18.7 Å². The van der Waals surface area contributed by atoms with Crippen LogP contribution in [0.25, 0.3) is 0 Å². The van der Waals surface area contributed by atoms with Crippen molar-refractivity contribution >= 4 is 23.5 Å². The summed E-state index contributed by atoms with van der Waals surface area (Å²) < 4.78 is 0. The zero-order chi connectivity index (χ0) is 13.8. The van der Waals surface area contributed by atoms with Gasteiger partial charge in [-0.05, 0) is 44.2 Å². The first-order chi connectivity index (χ1) is 9.12. The van der Waals surface area contributed by atoms with Crippen LogP contribution in [0, 0.1) is 5.92 Å². The average Bonchev–Trinajstić information content (AvgIpc) is 2.34. The molecule has 2 N–H and O–H groups in total. The number of nitrogens with one attached hydrogen (secondary N) is 1. The molecule has 0 radical (unpaired) electrons. The minimum atomic E-state index is -0.139. The van der Waals surface area contributed by atoms with E-state index < -0.39 is 0 Å². The maximum Gasteiger partial charge on any atom is 0.231 e. The van der Waals surface area contributed by atoms with Crippen LogP contribution in [0.4, 0.5) is 11.9 Å². The van der Waals surface area contributed by atoms with Crippen LogP contribution in [0.3, 0.4) is 0 Å². The van der Waals surface area contributed by atoms with Crippen LogP contribution < -0.4 is 10.2 Å². The van der Waals surface area contributed by atoms with Crippen LogP contribution in [-0.2, 0) is 0 Å². The molecule has 1 aliphatic carbocycles. The molecule has 106 valence electrons. The molecule has 1 saturated carbocycles. The molecule has 2 rings (SSSR count). The van der Waals surface area contributed by atoms with Crippen LogP contribution >= 0.6 is 11.6 Å². The van der Waals surface area contributed by atoms with Crippen molar-refractivity contribution in [1.82, 2.24) is 15.0 Å². The van der Waals surface area contributed by atoms with Gasteiger partial charge < -0.3 is 15.3 Å². The minimum absolute atomic E-state index is 0.139. The minimum Gasteiger partial charge on any atom is -0.393 e. The largest absolute Gasteiger partial charge is 0.393 e. The molecule has 1 aromatic rings. The van der Waals surface area contributed by atoms with Gasteiger partial charge >= 0.3 is 0 Å². The SMILES string of the molecule is CCN(CC)c1nc(Cl)nc(NCC2CC(O)C2)n1. The molecule has 1 aromatic heterocycles. The molecule has 1 heterocycles. The molecule has 0 aromatic carbocycles. The molecule has 0 amide bonds. The number of rotatable bonds is 6. The predicted molar refractivity (Wildman–Crippen MR) is 75.6 cm³/mol. The molecule has 1 fully saturated rings. The zero-order valence-corrected chi connectivity index (χ0v) is 12.1. The van der Waals surface area contributed by atoms with Gasteiger partial charge in [0, 0.05) is 19.6 Å². The van der Waals surface area contributed by atoms with Gasteiger partial charge in [0.15, 0.2) is 0 Å². The molecule has 0 aliphatic heterocycles. The monoisotopic (exact) mass is 285 g/mol. The van der Waals surface area contributed by atoms with Gasteiger partial charge in [0.05, 0.1) is 6.10 Å². The molecule has 0 atom stereocenters. The number of hydrogen-bond acceptors (Lipinski definition) is 6. The van der Waals surface area contributed by atoms with Crippen molar-refractivity contribution in [2.24, 2.45) is 5.92 Å². The highest BCUT2D eigenvalue weighted by Gasteiger charge is 2.26. The Labute approximate surface area is 118 Å². The Bertz CT molecular complexity index is 421. The second kappa shape index (κ2) is 6.34. The molecule has 7 heteroatoms. The van der Waals surface area contributed by atoms with Gasteiger partial charge in [-0.25, -0.2) is 0 Å². The van der Waals surface area contributed by atoms with E-state index in [-0.39, 0.29) is 11.4 Å². The highest BCUT2D eigenvalue weighted by atomic mass is 35.5. The number of halogens is 1. The van der Waals surface area contributed by atoms with E-state index in [9.17, 15) is 5.11 Å². The fourth-order valence-electron chi connectivity index (χ4n) is 2.17. The molecular weight excluding hydrogens is 266 g/mol. The summed E-state index contributed by atoms with van der Waals surface area (Å²) in [6.07, 6.45) is 1.55.